The fraction of sp³-hybridized carbons (Fsp3) is 0.462. The summed E-state index contributed by atoms with van der Waals surface area (Å²) in [4.78, 5) is 13.7. The molecule has 98 valence electrons. The highest BCUT2D eigenvalue weighted by Crippen LogP contribution is 2.21. The second-order valence-electron chi connectivity index (χ2n) is 4.71. The van der Waals surface area contributed by atoms with Crippen LogP contribution >= 0.6 is 15.9 Å². The molecule has 2 atom stereocenters. The van der Waals surface area contributed by atoms with Crippen LogP contribution in [-0.2, 0) is 0 Å². The Morgan fingerprint density at radius 3 is 2.89 bits per heavy atom. The Hall–Kier alpha value is -0.940. The van der Waals surface area contributed by atoms with Crippen molar-refractivity contribution in [3.63, 3.8) is 0 Å². The SMILES string of the molecule is CC1CCN(C(=O)c2ccc(Br)c(F)c2)CC1O. The van der Waals surface area contributed by atoms with Crippen LogP contribution in [0.5, 0.6) is 0 Å². The highest BCUT2D eigenvalue weighted by molar-refractivity contribution is 9.10. The van der Waals surface area contributed by atoms with Crippen molar-refractivity contribution in [2.45, 2.75) is 19.4 Å². The number of amides is 1. The first-order valence-electron chi connectivity index (χ1n) is 5.91. The maximum absolute atomic E-state index is 13.4. The summed E-state index contributed by atoms with van der Waals surface area (Å²) in [7, 11) is 0. The molecule has 1 aliphatic heterocycles. The van der Waals surface area contributed by atoms with Gasteiger partial charge in [-0.25, -0.2) is 4.39 Å². The van der Waals surface area contributed by atoms with Crippen LogP contribution in [0.2, 0.25) is 0 Å². The fourth-order valence-electron chi connectivity index (χ4n) is 2.05. The number of carbonyl (C=O) groups is 1. The van der Waals surface area contributed by atoms with Crippen LogP contribution in [0.3, 0.4) is 0 Å². The third-order valence-electron chi connectivity index (χ3n) is 3.37. The zero-order valence-electron chi connectivity index (χ0n) is 10.1. The molecule has 1 aliphatic rings. The third kappa shape index (κ3) is 2.72. The number of halogens is 2. The number of aliphatic hydroxyl groups is 1. The molecule has 5 heteroatoms. The number of hydrogen-bond donors (Lipinski definition) is 1. The van der Waals surface area contributed by atoms with Crippen molar-refractivity contribution in [1.82, 2.24) is 4.90 Å². The zero-order valence-corrected chi connectivity index (χ0v) is 11.7. The van der Waals surface area contributed by atoms with Crippen LogP contribution < -0.4 is 0 Å². The van der Waals surface area contributed by atoms with Gasteiger partial charge in [-0.3, -0.25) is 4.79 Å². The van der Waals surface area contributed by atoms with E-state index in [1.165, 1.54) is 12.1 Å². The van der Waals surface area contributed by atoms with Crippen LogP contribution in [0.15, 0.2) is 22.7 Å². The molecular formula is C13H15BrFNO2. The predicted molar refractivity (Wildman–Crippen MR) is 69.8 cm³/mol. The van der Waals surface area contributed by atoms with Gasteiger partial charge in [-0.2, -0.15) is 0 Å². The summed E-state index contributed by atoms with van der Waals surface area (Å²) in [5.41, 5.74) is 0.317. The number of carbonyl (C=O) groups excluding carboxylic acids is 1. The summed E-state index contributed by atoms with van der Waals surface area (Å²) in [5, 5.41) is 9.77. The molecule has 1 heterocycles. The number of likely N-dealkylation sites (tertiary alicyclic amines) is 1. The second-order valence-corrected chi connectivity index (χ2v) is 5.57. The van der Waals surface area contributed by atoms with Crippen LogP contribution in [0.25, 0.3) is 0 Å². The average Bonchev–Trinajstić information content (AvgIpc) is 2.35. The monoisotopic (exact) mass is 315 g/mol. The summed E-state index contributed by atoms with van der Waals surface area (Å²) in [6, 6.07) is 4.32. The molecule has 18 heavy (non-hydrogen) atoms. The van der Waals surface area contributed by atoms with E-state index in [-0.39, 0.29) is 11.8 Å². The Bertz CT molecular complexity index is 466. The summed E-state index contributed by atoms with van der Waals surface area (Å²) < 4.78 is 13.7. The highest BCUT2D eigenvalue weighted by Gasteiger charge is 2.28. The van der Waals surface area contributed by atoms with E-state index in [2.05, 4.69) is 15.9 Å². The number of β-amino-alcohol motifs (C(OH)–C–C–N with tert-alkyl or cyclic N) is 1. The van der Waals surface area contributed by atoms with Gasteiger partial charge in [-0.1, -0.05) is 6.92 Å². The molecule has 1 saturated heterocycles. The van der Waals surface area contributed by atoms with Gasteiger partial charge in [0.2, 0.25) is 0 Å². The Kier molecular flexibility index (Phi) is 4.02. The molecule has 3 nitrogen and oxygen atoms in total. The lowest BCUT2D eigenvalue weighted by atomic mass is 9.95. The molecule has 1 amide bonds. The van der Waals surface area contributed by atoms with Crippen molar-refractivity contribution in [3.8, 4) is 0 Å². The second kappa shape index (κ2) is 5.36. The smallest absolute Gasteiger partial charge is 0.254 e. The quantitative estimate of drug-likeness (QED) is 0.864. The van der Waals surface area contributed by atoms with Crippen LogP contribution in [-0.4, -0.2) is 35.1 Å². The normalized spacial score (nSPS) is 24.1. The van der Waals surface area contributed by atoms with Crippen molar-refractivity contribution < 1.29 is 14.3 Å². The Morgan fingerprint density at radius 1 is 1.56 bits per heavy atom. The standard InChI is InChI=1S/C13H15BrFNO2/c1-8-4-5-16(7-12(8)17)13(18)9-2-3-10(14)11(15)6-9/h2-3,6,8,12,17H,4-5,7H2,1H3. The molecule has 0 radical (unpaired) electrons. The van der Waals surface area contributed by atoms with E-state index < -0.39 is 11.9 Å². The fourth-order valence-corrected chi connectivity index (χ4v) is 2.29. The largest absolute Gasteiger partial charge is 0.391 e. The van der Waals surface area contributed by atoms with E-state index in [1.54, 1.807) is 11.0 Å². The molecule has 0 aliphatic carbocycles. The first-order valence-corrected chi connectivity index (χ1v) is 6.70. The van der Waals surface area contributed by atoms with Gasteiger partial charge in [-0.15, -0.1) is 0 Å². The predicted octanol–water partition coefficient (Wildman–Crippen LogP) is 2.43. The molecule has 0 saturated carbocycles. The Morgan fingerprint density at radius 2 is 2.28 bits per heavy atom. The number of benzene rings is 1. The lowest BCUT2D eigenvalue weighted by molar-refractivity contribution is 0.0248. The van der Waals surface area contributed by atoms with Crippen LogP contribution in [0.4, 0.5) is 4.39 Å². The van der Waals surface area contributed by atoms with E-state index in [9.17, 15) is 14.3 Å². The van der Waals surface area contributed by atoms with Crippen molar-refractivity contribution in [3.05, 3.63) is 34.1 Å². The maximum atomic E-state index is 13.4. The molecule has 2 unspecified atom stereocenters. The minimum absolute atomic E-state index is 0.204. The molecular weight excluding hydrogens is 301 g/mol. The van der Waals surface area contributed by atoms with Gasteiger partial charge in [0.1, 0.15) is 5.82 Å². The molecule has 0 spiro atoms. The van der Waals surface area contributed by atoms with Gasteiger partial charge in [0, 0.05) is 18.7 Å². The van der Waals surface area contributed by atoms with E-state index in [4.69, 9.17) is 0 Å². The van der Waals surface area contributed by atoms with Gasteiger partial charge >= 0.3 is 0 Å². The molecule has 2 rings (SSSR count). The molecule has 1 N–H and O–H groups in total. The van der Waals surface area contributed by atoms with E-state index in [0.717, 1.165) is 6.42 Å². The van der Waals surface area contributed by atoms with Crippen molar-refractivity contribution >= 4 is 21.8 Å². The zero-order chi connectivity index (χ0) is 13.3. The van der Waals surface area contributed by atoms with Crippen molar-refractivity contribution in [1.29, 1.82) is 0 Å². The number of aliphatic hydroxyl groups excluding tert-OH is 1. The van der Waals surface area contributed by atoms with Gasteiger partial charge in [0.05, 0.1) is 10.6 Å². The number of hydrogen-bond acceptors (Lipinski definition) is 2. The summed E-state index contributed by atoms with van der Waals surface area (Å²) in [6.07, 6.45) is 0.273. The molecule has 1 aromatic rings. The average molecular weight is 316 g/mol. The molecule has 0 bridgehead atoms. The maximum Gasteiger partial charge on any atom is 0.254 e. The molecule has 1 fully saturated rings. The van der Waals surface area contributed by atoms with Crippen molar-refractivity contribution in [2.24, 2.45) is 5.92 Å². The van der Waals surface area contributed by atoms with Gasteiger partial charge in [-0.05, 0) is 46.5 Å². The number of nitrogens with zero attached hydrogens (tertiary/aromatic N) is 1. The van der Waals surface area contributed by atoms with E-state index in [1.807, 2.05) is 6.92 Å². The minimum atomic E-state index is -0.497. The highest BCUT2D eigenvalue weighted by atomic mass is 79.9. The van der Waals surface area contributed by atoms with Gasteiger partial charge in [0.25, 0.3) is 5.91 Å². The lowest BCUT2D eigenvalue weighted by Gasteiger charge is -2.34. The Balaban J connectivity index is 2.14. The van der Waals surface area contributed by atoms with Crippen LogP contribution in [0, 0.1) is 11.7 Å². The summed E-state index contributed by atoms with van der Waals surface area (Å²) in [6.45, 7) is 2.89. The van der Waals surface area contributed by atoms with Crippen molar-refractivity contribution in [2.75, 3.05) is 13.1 Å². The minimum Gasteiger partial charge on any atom is -0.391 e. The molecule has 1 aromatic carbocycles. The topological polar surface area (TPSA) is 40.5 Å². The number of rotatable bonds is 1. The van der Waals surface area contributed by atoms with Gasteiger partial charge in [0.15, 0.2) is 0 Å². The van der Waals surface area contributed by atoms with E-state index in [0.29, 0.717) is 23.1 Å². The van der Waals surface area contributed by atoms with Crippen LogP contribution in [0.1, 0.15) is 23.7 Å². The summed E-state index contributed by atoms with van der Waals surface area (Å²) in [5.74, 6) is -0.477. The summed E-state index contributed by atoms with van der Waals surface area (Å²) >= 11 is 3.05. The lowest BCUT2D eigenvalue weighted by Crippen LogP contribution is -2.45. The Labute approximate surface area is 114 Å². The van der Waals surface area contributed by atoms with Gasteiger partial charge < -0.3 is 10.0 Å². The van der Waals surface area contributed by atoms with E-state index >= 15 is 0 Å². The molecule has 0 aromatic heterocycles. The number of piperidine rings is 1. The first-order chi connectivity index (χ1) is 8.49. The third-order valence-corrected chi connectivity index (χ3v) is 4.02. The first kappa shape index (κ1) is 13.5.